The van der Waals surface area contributed by atoms with Gasteiger partial charge in [-0.3, -0.25) is 9.69 Å². The van der Waals surface area contributed by atoms with Crippen molar-refractivity contribution in [3.63, 3.8) is 0 Å². The standard InChI is InChI=1S/C19H20F2N2O/c1-13-5-3-4-6-15(13)12-22-9-10-23(19(24)14(22)2)18-8-7-16(20)11-17(18)21/h3-8,11,14H,9-10,12H2,1-2H3/t14-/m1/s1. The summed E-state index contributed by atoms with van der Waals surface area (Å²) in [6, 6.07) is 11.0. The zero-order chi connectivity index (χ0) is 17.3. The van der Waals surface area contributed by atoms with Gasteiger partial charge in [0.15, 0.2) is 0 Å². The van der Waals surface area contributed by atoms with Gasteiger partial charge in [0, 0.05) is 25.7 Å². The molecule has 0 bridgehead atoms. The van der Waals surface area contributed by atoms with Crippen molar-refractivity contribution in [1.29, 1.82) is 0 Å². The number of hydrogen-bond acceptors (Lipinski definition) is 2. The summed E-state index contributed by atoms with van der Waals surface area (Å²) in [4.78, 5) is 16.2. The minimum Gasteiger partial charge on any atom is -0.307 e. The molecule has 2 aromatic rings. The molecular formula is C19H20F2N2O. The summed E-state index contributed by atoms with van der Waals surface area (Å²) < 4.78 is 27.1. The molecule has 1 saturated heterocycles. The number of carbonyl (C=O) groups is 1. The molecule has 0 unspecified atom stereocenters. The maximum absolute atomic E-state index is 14.0. The van der Waals surface area contributed by atoms with Crippen molar-refractivity contribution in [3.05, 3.63) is 65.2 Å². The summed E-state index contributed by atoms with van der Waals surface area (Å²) in [5.74, 6) is -1.52. The van der Waals surface area contributed by atoms with E-state index in [4.69, 9.17) is 0 Å². The molecule has 2 aromatic carbocycles. The molecule has 0 aliphatic carbocycles. The number of piperazine rings is 1. The molecule has 0 saturated carbocycles. The van der Waals surface area contributed by atoms with Crippen molar-refractivity contribution in [1.82, 2.24) is 4.90 Å². The van der Waals surface area contributed by atoms with Crippen LogP contribution in [-0.2, 0) is 11.3 Å². The summed E-state index contributed by atoms with van der Waals surface area (Å²) >= 11 is 0. The average molecular weight is 330 g/mol. The molecule has 1 amide bonds. The summed E-state index contributed by atoms with van der Waals surface area (Å²) in [7, 11) is 0. The van der Waals surface area contributed by atoms with Crippen LogP contribution in [0.5, 0.6) is 0 Å². The molecule has 0 aromatic heterocycles. The van der Waals surface area contributed by atoms with E-state index < -0.39 is 11.6 Å². The molecule has 1 aliphatic rings. The third-order valence-corrected chi connectivity index (χ3v) is 4.62. The van der Waals surface area contributed by atoms with Crippen molar-refractivity contribution in [2.45, 2.75) is 26.4 Å². The monoisotopic (exact) mass is 330 g/mol. The Morgan fingerprint density at radius 3 is 2.58 bits per heavy atom. The zero-order valence-electron chi connectivity index (χ0n) is 13.8. The zero-order valence-corrected chi connectivity index (χ0v) is 13.8. The van der Waals surface area contributed by atoms with Crippen LogP contribution in [0.4, 0.5) is 14.5 Å². The Hall–Kier alpha value is -2.27. The molecule has 0 N–H and O–H groups in total. The van der Waals surface area contributed by atoms with Crippen LogP contribution in [0.3, 0.4) is 0 Å². The van der Waals surface area contributed by atoms with Gasteiger partial charge in [-0.25, -0.2) is 8.78 Å². The number of halogens is 2. The molecule has 1 fully saturated rings. The van der Waals surface area contributed by atoms with Gasteiger partial charge in [-0.1, -0.05) is 24.3 Å². The fraction of sp³-hybridized carbons (Fsp3) is 0.316. The number of nitrogens with zero attached hydrogens (tertiary/aromatic N) is 2. The lowest BCUT2D eigenvalue weighted by Crippen LogP contribution is -2.55. The quantitative estimate of drug-likeness (QED) is 0.860. The molecule has 3 rings (SSSR count). The first-order valence-corrected chi connectivity index (χ1v) is 8.02. The van der Waals surface area contributed by atoms with E-state index in [2.05, 4.69) is 11.0 Å². The number of benzene rings is 2. The van der Waals surface area contributed by atoms with Gasteiger partial charge in [0.1, 0.15) is 11.6 Å². The molecule has 126 valence electrons. The topological polar surface area (TPSA) is 23.6 Å². The molecule has 1 heterocycles. The van der Waals surface area contributed by atoms with Crippen molar-refractivity contribution < 1.29 is 13.6 Å². The van der Waals surface area contributed by atoms with E-state index >= 15 is 0 Å². The number of amides is 1. The van der Waals surface area contributed by atoms with Crippen molar-refractivity contribution in [2.75, 3.05) is 18.0 Å². The fourth-order valence-electron chi connectivity index (χ4n) is 3.08. The number of anilines is 1. The van der Waals surface area contributed by atoms with E-state index in [0.29, 0.717) is 19.6 Å². The van der Waals surface area contributed by atoms with Gasteiger partial charge >= 0.3 is 0 Å². The van der Waals surface area contributed by atoms with E-state index in [0.717, 1.165) is 6.07 Å². The highest BCUT2D eigenvalue weighted by molar-refractivity contribution is 5.97. The molecule has 0 radical (unpaired) electrons. The number of hydrogen-bond donors (Lipinski definition) is 0. The molecule has 1 aliphatic heterocycles. The van der Waals surface area contributed by atoms with Gasteiger partial charge in [0.25, 0.3) is 0 Å². The van der Waals surface area contributed by atoms with Gasteiger partial charge < -0.3 is 4.90 Å². The minimum absolute atomic E-state index is 0.142. The Balaban J connectivity index is 1.77. The van der Waals surface area contributed by atoms with E-state index in [1.165, 1.54) is 28.2 Å². The lowest BCUT2D eigenvalue weighted by molar-refractivity contribution is -0.125. The van der Waals surface area contributed by atoms with Crippen LogP contribution in [0.1, 0.15) is 18.1 Å². The fourth-order valence-corrected chi connectivity index (χ4v) is 3.08. The first-order valence-electron chi connectivity index (χ1n) is 8.02. The summed E-state index contributed by atoms with van der Waals surface area (Å²) in [5, 5.41) is 0. The molecular weight excluding hydrogens is 310 g/mol. The predicted octanol–water partition coefficient (Wildman–Crippen LogP) is 3.51. The van der Waals surface area contributed by atoms with Crippen LogP contribution in [0.15, 0.2) is 42.5 Å². The summed E-state index contributed by atoms with van der Waals surface area (Å²) in [5.41, 5.74) is 2.51. The van der Waals surface area contributed by atoms with Crippen LogP contribution in [-0.4, -0.2) is 29.9 Å². The largest absolute Gasteiger partial charge is 0.307 e. The van der Waals surface area contributed by atoms with Crippen molar-refractivity contribution in [3.8, 4) is 0 Å². The molecule has 24 heavy (non-hydrogen) atoms. The molecule has 1 atom stereocenters. The number of carbonyl (C=O) groups excluding carboxylic acids is 1. The van der Waals surface area contributed by atoms with Gasteiger partial charge in [0.05, 0.1) is 11.7 Å². The Labute approximate surface area is 140 Å². The Bertz CT molecular complexity index is 763. The van der Waals surface area contributed by atoms with E-state index in [1.54, 1.807) is 0 Å². The minimum atomic E-state index is -0.706. The summed E-state index contributed by atoms with van der Waals surface area (Å²) in [6.07, 6.45) is 0. The predicted molar refractivity (Wildman–Crippen MR) is 89.8 cm³/mol. The number of aryl methyl sites for hydroxylation is 1. The average Bonchev–Trinajstić information content (AvgIpc) is 2.55. The first-order chi connectivity index (χ1) is 11.5. The number of rotatable bonds is 3. The van der Waals surface area contributed by atoms with Crippen LogP contribution in [0, 0.1) is 18.6 Å². The van der Waals surface area contributed by atoms with E-state index in [1.807, 2.05) is 32.0 Å². The first kappa shape index (κ1) is 16.6. The highest BCUT2D eigenvalue weighted by Gasteiger charge is 2.33. The second-order valence-corrected chi connectivity index (χ2v) is 6.16. The maximum atomic E-state index is 14.0. The van der Waals surface area contributed by atoms with Crippen molar-refractivity contribution >= 4 is 11.6 Å². The van der Waals surface area contributed by atoms with E-state index in [-0.39, 0.29) is 17.6 Å². The Morgan fingerprint density at radius 2 is 1.88 bits per heavy atom. The normalized spacial score (nSPS) is 18.9. The third-order valence-electron chi connectivity index (χ3n) is 4.62. The van der Waals surface area contributed by atoms with Gasteiger partial charge in [-0.15, -0.1) is 0 Å². The smallest absolute Gasteiger partial charge is 0.244 e. The van der Waals surface area contributed by atoms with Crippen LogP contribution in [0.2, 0.25) is 0 Å². The Kier molecular flexibility index (Phi) is 4.62. The van der Waals surface area contributed by atoms with Gasteiger partial charge in [-0.2, -0.15) is 0 Å². The lowest BCUT2D eigenvalue weighted by Gasteiger charge is -2.39. The highest BCUT2D eigenvalue weighted by Crippen LogP contribution is 2.25. The second kappa shape index (κ2) is 6.69. The molecule has 5 heteroatoms. The lowest BCUT2D eigenvalue weighted by atomic mass is 10.1. The Morgan fingerprint density at radius 1 is 1.12 bits per heavy atom. The second-order valence-electron chi connectivity index (χ2n) is 6.16. The SMILES string of the molecule is Cc1ccccc1CN1CCN(c2ccc(F)cc2F)C(=O)[C@H]1C. The van der Waals surface area contributed by atoms with Gasteiger partial charge in [0.2, 0.25) is 5.91 Å². The van der Waals surface area contributed by atoms with E-state index in [9.17, 15) is 13.6 Å². The van der Waals surface area contributed by atoms with Crippen LogP contribution in [0.25, 0.3) is 0 Å². The van der Waals surface area contributed by atoms with Crippen LogP contribution < -0.4 is 4.90 Å². The van der Waals surface area contributed by atoms with Crippen molar-refractivity contribution in [2.24, 2.45) is 0 Å². The summed E-state index contributed by atoms with van der Waals surface area (Å²) in [6.45, 7) is 5.58. The van der Waals surface area contributed by atoms with Crippen LogP contribution >= 0.6 is 0 Å². The molecule has 3 nitrogen and oxygen atoms in total. The maximum Gasteiger partial charge on any atom is 0.244 e. The molecule has 0 spiro atoms. The highest BCUT2D eigenvalue weighted by atomic mass is 19.1. The van der Waals surface area contributed by atoms with Gasteiger partial charge in [-0.05, 0) is 37.1 Å². The third kappa shape index (κ3) is 3.17.